The van der Waals surface area contributed by atoms with E-state index in [0.29, 0.717) is 6.54 Å². The molecule has 0 aromatic carbocycles. The molecule has 0 saturated heterocycles. The molecular weight excluding hydrogens is 236 g/mol. The molecule has 0 fully saturated rings. The molecule has 0 amide bonds. The molecule has 116 valence electrons. The lowest BCUT2D eigenvalue weighted by Crippen LogP contribution is -2.38. The van der Waals surface area contributed by atoms with Gasteiger partial charge in [-0.05, 0) is 20.3 Å². The van der Waals surface area contributed by atoms with Crippen molar-refractivity contribution in [1.82, 2.24) is 5.01 Å². The second kappa shape index (κ2) is 30.1. The number of nitrogens with zero attached hydrogens (tertiary/aromatic N) is 3. The minimum Gasteiger partial charge on any atom is -0.292 e. The molecule has 0 aromatic heterocycles. The molecule has 1 rings (SSSR count). The number of nitrogens with two attached hydrogens (primary N) is 1. The number of hydrazine groups is 1. The molecule has 1 aliphatic heterocycles. The Kier molecular flexibility index (Phi) is 41.9. The van der Waals surface area contributed by atoms with Crippen LogP contribution in [0.3, 0.4) is 0 Å². The van der Waals surface area contributed by atoms with Crippen LogP contribution >= 0.6 is 0 Å². The summed E-state index contributed by atoms with van der Waals surface area (Å²) in [5.41, 5.74) is 0. The Morgan fingerprint density at radius 3 is 1.84 bits per heavy atom. The van der Waals surface area contributed by atoms with Crippen LogP contribution in [0.1, 0.15) is 68.7 Å². The molecule has 0 bridgehead atoms. The van der Waals surface area contributed by atoms with Crippen LogP contribution in [0.4, 0.5) is 0 Å². The van der Waals surface area contributed by atoms with E-state index in [1.165, 1.54) is 5.01 Å². The molecule has 1 heterocycles. The molecule has 0 unspecified atom stereocenters. The van der Waals surface area contributed by atoms with E-state index in [2.05, 4.69) is 29.3 Å². The maximum Gasteiger partial charge on any atom is 0.138 e. The zero-order chi connectivity index (χ0) is 16.1. The number of amidine groups is 1. The van der Waals surface area contributed by atoms with Crippen molar-refractivity contribution in [3.05, 3.63) is 12.2 Å². The second-order valence-electron chi connectivity index (χ2n) is 2.57. The Morgan fingerprint density at radius 1 is 1.21 bits per heavy atom. The van der Waals surface area contributed by atoms with Crippen molar-refractivity contribution in [2.75, 3.05) is 6.54 Å². The maximum absolute atomic E-state index is 5.39. The molecule has 4 nitrogen and oxygen atoms in total. The summed E-state index contributed by atoms with van der Waals surface area (Å²) in [6.45, 7) is 18.6. The minimum absolute atomic E-state index is 0.662. The summed E-state index contributed by atoms with van der Waals surface area (Å²) in [5.74, 6) is 6.15. The van der Waals surface area contributed by atoms with Gasteiger partial charge in [-0.3, -0.25) is 5.01 Å². The van der Waals surface area contributed by atoms with Gasteiger partial charge in [-0.25, -0.2) is 5.84 Å². The molecular formula is C15H36N4. The average Bonchev–Trinajstić information content (AvgIpc) is 2.50. The van der Waals surface area contributed by atoms with E-state index in [1.54, 1.807) is 6.21 Å². The van der Waals surface area contributed by atoms with Gasteiger partial charge in [-0.2, -0.15) is 5.10 Å². The number of hydrogen-bond donors (Lipinski definition) is 1. The average molecular weight is 272 g/mol. The number of hydrogen-bond acceptors (Lipinski definition) is 4. The molecule has 19 heavy (non-hydrogen) atoms. The summed E-state index contributed by atoms with van der Waals surface area (Å²) in [6, 6.07) is 0. The van der Waals surface area contributed by atoms with Gasteiger partial charge in [0.05, 0.1) is 6.54 Å². The first kappa shape index (κ1) is 26.4. The summed E-state index contributed by atoms with van der Waals surface area (Å²) in [4.78, 5) is 0. The van der Waals surface area contributed by atoms with Crippen LogP contribution < -0.4 is 5.84 Å². The monoisotopic (exact) mass is 272 g/mol. The molecule has 0 atom stereocenters. The van der Waals surface area contributed by atoms with Crippen molar-refractivity contribution < 1.29 is 0 Å². The first-order chi connectivity index (χ1) is 9.22. The molecule has 4 heteroatoms. The third kappa shape index (κ3) is 26.5. The molecule has 0 spiro atoms. The van der Waals surface area contributed by atoms with E-state index in [-0.39, 0.29) is 0 Å². The Labute approximate surface area is 121 Å². The van der Waals surface area contributed by atoms with Gasteiger partial charge in [-0.1, -0.05) is 60.6 Å². The van der Waals surface area contributed by atoms with Crippen LogP contribution in [0.5, 0.6) is 0 Å². The highest BCUT2D eigenvalue weighted by Gasteiger charge is 2.00. The first-order valence-corrected chi connectivity index (χ1v) is 7.41. The Bertz CT molecular complexity index is 208. The second-order valence-corrected chi connectivity index (χ2v) is 2.57. The van der Waals surface area contributed by atoms with Gasteiger partial charge in [0.25, 0.3) is 0 Å². The predicted octanol–water partition coefficient (Wildman–Crippen LogP) is 4.63. The van der Waals surface area contributed by atoms with E-state index in [4.69, 9.17) is 5.84 Å². The Balaban J connectivity index is -0.0000000892. The van der Waals surface area contributed by atoms with Crippen LogP contribution in [0.15, 0.2) is 22.4 Å². The molecule has 0 aromatic rings. The highest BCUT2D eigenvalue weighted by Crippen LogP contribution is 1.87. The van der Waals surface area contributed by atoms with Crippen molar-refractivity contribution >= 4 is 12.1 Å². The van der Waals surface area contributed by atoms with Crippen molar-refractivity contribution in [2.45, 2.75) is 68.7 Å². The lowest BCUT2D eigenvalue weighted by molar-refractivity contribution is 0.494. The van der Waals surface area contributed by atoms with Crippen molar-refractivity contribution in [1.29, 1.82) is 0 Å². The molecule has 0 radical (unpaired) electrons. The van der Waals surface area contributed by atoms with Crippen molar-refractivity contribution in [3.63, 3.8) is 0 Å². The summed E-state index contributed by atoms with van der Waals surface area (Å²) in [7, 11) is 0. The topological polar surface area (TPSA) is 54.0 Å². The fourth-order valence-electron chi connectivity index (χ4n) is 0.674. The zero-order valence-electron chi connectivity index (χ0n) is 14.6. The van der Waals surface area contributed by atoms with E-state index in [1.807, 2.05) is 55.4 Å². The smallest absolute Gasteiger partial charge is 0.138 e. The first-order valence-electron chi connectivity index (χ1n) is 7.41. The van der Waals surface area contributed by atoms with Crippen LogP contribution in [-0.2, 0) is 0 Å². The number of allylic oxidation sites excluding steroid dienone is 2. The van der Waals surface area contributed by atoms with Crippen LogP contribution in [-0.4, -0.2) is 23.6 Å². The fourth-order valence-corrected chi connectivity index (χ4v) is 0.674. The Morgan fingerprint density at radius 2 is 1.68 bits per heavy atom. The van der Waals surface area contributed by atoms with Gasteiger partial charge < -0.3 is 0 Å². The lowest BCUT2D eigenvalue weighted by atomic mass is 10.4. The van der Waals surface area contributed by atoms with E-state index in [0.717, 1.165) is 12.3 Å². The summed E-state index contributed by atoms with van der Waals surface area (Å²) >= 11 is 0. The maximum atomic E-state index is 5.39. The number of rotatable bonds is 1. The van der Waals surface area contributed by atoms with Gasteiger partial charge in [0, 0.05) is 6.21 Å². The summed E-state index contributed by atoms with van der Waals surface area (Å²) in [6.07, 6.45) is 7.00. The van der Waals surface area contributed by atoms with E-state index in [9.17, 15) is 0 Å². The molecule has 0 aliphatic carbocycles. The normalized spacial score (nSPS) is 11.5. The summed E-state index contributed by atoms with van der Waals surface area (Å²) < 4.78 is 0. The standard InChI is InChI=1S/C5H10.C4H8N4.3C2H6/c1-3-5-4-2;1-4-7-6-2-3-8(4)5;3*1-2/h3,5H,4H2,1-2H3;2H,3,5H2,1H3;3*1-2H3/b5-3-;;;;. The van der Waals surface area contributed by atoms with E-state index >= 15 is 0 Å². The third-order valence-corrected chi connectivity index (χ3v) is 1.45. The van der Waals surface area contributed by atoms with Gasteiger partial charge in [-0.15, -0.1) is 5.10 Å². The van der Waals surface area contributed by atoms with Gasteiger partial charge >= 0.3 is 0 Å². The van der Waals surface area contributed by atoms with E-state index < -0.39 is 0 Å². The van der Waals surface area contributed by atoms with Crippen LogP contribution in [0.2, 0.25) is 0 Å². The van der Waals surface area contributed by atoms with Crippen LogP contribution in [0.25, 0.3) is 0 Å². The zero-order valence-corrected chi connectivity index (χ0v) is 14.6. The quantitative estimate of drug-likeness (QED) is 0.559. The molecule has 1 aliphatic rings. The highest BCUT2D eigenvalue weighted by atomic mass is 15.5. The summed E-state index contributed by atoms with van der Waals surface area (Å²) in [5, 5.41) is 8.88. The predicted molar refractivity (Wildman–Crippen MR) is 91.6 cm³/mol. The van der Waals surface area contributed by atoms with Gasteiger partial charge in [0.15, 0.2) is 0 Å². The van der Waals surface area contributed by atoms with Gasteiger partial charge in [0.1, 0.15) is 5.84 Å². The van der Waals surface area contributed by atoms with Crippen molar-refractivity contribution in [3.8, 4) is 0 Å². The SMILES string of the molecule is C/C=C\CC.CC.CC.CC.CC1=NN=CCN1N. The van der Waals surface area contributed by atoms with Crippen LogP contribution in [0, 0.1) is 0 Å². The fraction of sp³-hybridized carbons (Fsp3) is 0.733. The van der Waals surface area contributed by atoms with Gasteiger partial charge in [0.2, 0.25) is 0 Å². The lowest BCUT2D eigenvalue weighted by Gasteiger charge is -2.15. The largest absolute Gasteiger partial charge is 0.292 e. The third-order valence-electron chi connectivity index (χ3n) is 1.45. The highest BCUT2D eigenvalue weighted by molar-refractivity contribution is 5.83. The van der Waals surface area contributed by atoms with Crippen molar-refractivity contribution in [2.24, 2.45) is 16.0 Å². The molecule has 0 saturated carbocycles. The Hall–Kier alpha value is -1.16. The minimum atomic E-state index is 0.662. The molecule has 2 N–H and O–H groups in total.